The van der Waals surface area contributed by atoms with E-state index >= 15 is 0 Å². The summed E-state index contributed by atoms with van der Waals surface area (Å²) in [5.41, 5.74) is 0. The third-order valence-electron chi connectivity index (χ3n) is 8.79. The van der Waals surface area contributed by atoms with Gasteiger partial charge in [-0.2, -0.15) is 0 Å². The molecule has 6 nitrogen and oxygen atoms in total. The van der Waals surface area contributed by atoms with Gasteiger partial charge in [0, 0.05) is 0 Å². The first-order chi connectivity index (χ1) is 22.7. The molecule has 47 heavy (non-hydrogen) atoms. The molecule has 0 amide bonds. The van der Waals surface area contributed by atoms with Gasteiger partial charge in [-0.1, -0.05) is 0 Å². The van der Waals surface area contributed by atoms with Crippen molar-refractivity contribution in [2.24, 2.45) is 17.8 Å². The minimum atomic E-state index is -3.04. The van der Waals surface area contributed by atoms with Crippen LogP contribution in [0.2, 0.25) is 4.44 Å². The first-order valence-corrected chi connectivity index (χ1v) is 34.6. The third-order valence-corrected chi connectivity index (χ3v) is 49.0. The molecule has 0 fully saturated rings. The topological polar surface area (TPSA) is 78.9 Å². The number of unbranched alkanes of at least 4 members (excludes halogenated alkanes) is 4. The second kappa shape index (κ2) is 32.2. The van der Waals surface area contributed by atoms with E-state index in [-0.39, 0.29) is 17.9 Å². The Morgan fingerprint density at radius 3 is 1.04 bits per heavy atom. The van der Waals surface area contributed by atoms with Crippen LogP contribution in [0.5, 0.6) is 0 Å². The van der Waals surface area contributed by atoms with Crippen molar-refractivity contribution in [1.82, 2.24) is 0 Å². The van der Waals surface area contributed by atoms with Crippen molar-refractivity contribution in [3.8, 4) is 0 Å². The zero-order chi connectivity index (χ0) is 35.2. The number of carbonyl (C=O) groups excluding carboxylic acids is 3. The molecule has 0 aromatic rings. The molecular formula is C37H72O6S3Sn. The average Bonchev–Trinajstić information content (AvgIpc) is 3.07. The molecule has 0 aliphatic rings. The molecule has 3 unspecified atom stereocenters. The SMILES string of the molecule is CCCCC(CC)COC(=O)CC[S][Sn]([CH2]CCC)([S]CCC(=O)OCC(CC)CCCC)[S]CCC(=O)OCC(CC)CCCC. The van der Waals surface area contributed by atoms with Gasteiger partial charge >= 0.3 is 304 Å². The molecule has 0 bridgehead atoms. The van der Waals surface area contributed by atoms with Crippen molar-refractivity contribution >= 4 is 59.0 Å². The number of carbonyl (C=O) groups is 3. The van der Waals surface area contributed by atoms with E-state index in [2.05, 4.69) is 48.5 Å². The standard InChI is InChI=1S/3C11H22O2S.C4H9.Sn/c3*1-3-5-6-10(4-2)9-13-11(12)7-8-14;1-3-4-2;/h3*10,14H,3-9H2,1-2H3;1,3-4H2,2H3;/q;;;;+3/p-3. The van der Waals surface area contributed by atoms with E-state index in [4.69, 9.17) is 14.2 Å². The number of ether oxygens (including phenoxy) is 3. The molecule has 0 aliphatic carbocycles. The molecule has 0 rings (SSSR count). The van der Waals surface area contributed by atoms with Gasteiger partial charge < -0.3 is 0 Å². The van der Waals surface area contributed by atoms with Gasteiger partial charge in [-0.15, -0.1) is 0 Å². The molecular weight excluding hydrogens is 755 g/mol. The summed E-state index contributed by atoms with van der Waals surface area (Å²) in [6, 6.07) is 0. The van der Waals surface area contributed by atoms with E-state index in [1.807, 2.05) is 26.8 Å². The Hall–Kier alpha value is 0.259. The maximum absolute atomic E-state index is 12.7. The summed E-state index contributed by atoms with van der Waals surface area (Å²) in [4.78, 5) is 38.2. The van der Waals surface area contributed by atoms with Gasteiger partial charge in [-0.25, -0.2) is 0 Å². The van der Waals surface area contributed by atoms with Gasteiger partial charge in [-0.3, -0.25) is 0 Å². The monoisotopic (exact) mass is 828 g/mol. The summed E-state index contributed by atoms with van der Waals surface area (Å²) in [5.74, 6) is 3.24. The fraction of sp³-hybridized carbons (Fsp3) is 0.919. The molecule has 0 saturated heterocycles. The van der Waals surface area contributed by atoms with E-state index in [1.54, 1.807) is 0 Å². The van der Waals surface area contributed by atoms with Gasteiger partial charge in [-0.05, 0) is 0 Å². The number of hydrogen-bond acceptors (Lipinski definition) is 9. The number of rotatable bonds is 33. The Morgan fingerprint density at radius 1 is 0.489 bits per heavy atom. The Morgan fingerprint density at radius 2 is 0.787 bits per heavy atom. The van der Waals surface area contributed by atoms with Crippen LogP contribution >= 0.6 is 26.8 Å². The predicted molar refractivity (Wildman–Crippen MR) is 209 cm³/mol. The molecule has 10 heteroatoms. The van der Waals surface area contributed by atoms with Crippen LogP contribution in [0.25, 0.3) is 0 Å². The van der Waals surface area contributed by atoms with Gasteiger partial charge in [0.05, 0.1) is 0 Å². The summed E-state index contributed by atoms with van der Waals surface area (Å²) in [6.07, 6.45) is 16.9. The van der Waals surface area contributed by atoms with E-state index in [0.717, 1.165) is 92.3 Å². The molecule has 3 atom stereocenters. The maximum atomic E-state index is 12.7. The van der Waals surface area contributed by atoms with Crippen LogP contribution in [0.1, 0.15) is 158 Å². The van der Waals surface area contributed by atoms with Crippen LogP contribution in [0.3, 0.4) is 0 Å². The van der Waals surface area contributed by atoms with E-state index in [1.165, 1.54) is 19.3 Å². The molecule has 0 heterocycles. The summed E-state index contributed by atoms with van der Waals surface area (Å²) in [7, 11) is 5.96. The Labute approximate surface area is 302 Å². The second-order valence-electron chi connectivity index (χ2n) is 12.9. The van der Waals surface area contributed by atoms with Crippen LogP contribution < -0.4 is 0 Å². The second-order valence-corrected chi connectivity index (χ2v) is 46.9. The predicted octanol–water partition coefficient (Wildman–Crippen LogP) is 11.4. The molecule has 0 aromatic carbocycles. The average molecular weight is 828 g/mol. The molecule has 0 spiro atoms. The fourth-order valence-corrected chi connectivity index (χ4v) is 44.3. The van der Waals surface area contributed by atoms with Gasteiger partial charge in [0.1, 0.15) is 0 Å². The Bertz CT molecular complexity index is 694. The first-order valence-electron chi connectivity index (χ1n) is 19.1. The third kappa shape index (κ3) is 25.8. The Kier molecular flexibility index (Phi) is 32.4. The minimum absolute atomic E-state index is 0.104. The zero-order valence-corrected chi connectivity index (χ0v) is 36.7. The van der Waals surface area contributed by atoms with Crippen LogP contribution in [-0.4, -0.2) is 69.2 Å². The molecule has 0 saturated carbocycles. The molecule has 0 N–H and O–H groups in total. The number of hydrogen-bond donors (Lipinski definition) is 0. The van der Waals surface area contributed by atoms with Gasteiger partial charge in [0.25, 0.3) is 0 Å². The van der Waals surface area contributed by atoms with Gasteiger partial charge in [0.2, 0.25) is 0 Å². The van der Waals surface area contributed by atoms with Crippen LogP contribution in [0, 0.1) is 17.8 Å². The quantitative estimate of drug-likeness (QED) is 0.0365. The fourth-order valence-electron chi connectivity index (χ4n) is 5.15. The summed E-state index contributed by atoms with van der Waals surface area (Å²) in [6.45, 7) is 16.9. The summed E-state index contributed by atoms with van der Waals surface area (Å²) >= 11 is -3.04. The van der Waals surface area contributed by atoms with E-state index in [9.17, 15) is 14.4 Å². The van der Waals surface area contributed by atoms with E-state index in [0.29, 0.717) is 56.8 Å². The van der Waals surface area contributed by atoms with Crippen molar-refractivity contribution in [2.45, 2.75) is 162 Å². The van der Waals surface area contributed by atoms with Crippen molar-refractivity contribution in [1.29, 1.82) is 0 Å². The van der Waals surface area contributed by atoms with Crippen molar-refractivity contribution in [2.75, 3.05) is 37.1 Å². The molecule has 0 radical (unpaired) electrons. The number of esters is 3. The first kappa shape index (κ1) is 47.3. The van der Waals surface area contributed by atoms with Crippen LogP contribution in [-0.2, 0) is 28.6 Å². The normalized spacial score (nSPS) is 14.6. The molecule has 278 valence electrons. The van der Waals surface area contributed by atoms with Crippen molar-refractivity contribution in [3.63, 3.8) is 0 Å². The van der Waals surface area contributed by atoms with Crippen LogP contribution in [0.15, 0.2) is 0 Å². The summed E-state index contributed by atoms with van der Waals surface area (Å²) < 4.78 is 18.3. The summed E-state index contributed by atoms with van der Waals surface area (Å²) in [5, 5.41) is 0. The zero-order valence-electron chi connectivity index (χ0n) is 31.4. The van der Waals surface area contributed by atoms with Gasteiger partial charge in [0.15, 0.2) is 0 Å². The Balaban J connectivity index is 5.29. The van der Waals surface area contributed by atoms with Crippen LogP contribution in [0.4, 0.5) is 0 Å². The molecule has 0 aliphatic heterocycles. The van der Waals surface area contributed by atoms with Crippen molar-refractivity contribution < 1.29 is 28.6 Å². The van der Waals surface area contributed by atoms with E-state index < -0.39 is 14.2 Å². The van der Waals surface area contributed by atoms with Crippen molar-refractivity contribution in [3.05, 3.63) is 0 Å². The molecule has 0 aromatic heterocycles.